The van der Waals surface area contributed by atoms with Gasteiger partial charge in [0.2, 0.25) is 0 Å². The Morgan fingerprint density at radius 1 is 0.976 bits per heavy atom. The molecule has 0 fully saturated rings. The normalized spacial score (nSPS) is 13.0. The van der Waals surface area contributed by atoms with E-state index in [-0.39, 0.29) is 11.8 Å². The number of benzene rings is 3. The van der Waals surface area contributed by atoms with Crippen LogP contribution in [0, 0.1) is 0 Å². The lowest BCUT2D eigenvalue weighted by molar-refractivity contribution is -0.274. The van der Waals surface area contributed by atoms with Gasteiger partial charge in [-0.15, -0.1) is 30.0 Å². The Hall–Kier alpha value is -4.55. The van der Waals surface area contributed by atoms with Crippen LogP contribution in [0.1, 0.15) is 18.1 Å². The molecule has 3 N–H and O–H groups in total. The van der Waals surface area contributed by atoms with E-state index in [4.69, 9.17) is 0 Å². The highest BCUT2D eigenvalue weighted by Crippen LogP contribution is 2.33. The minimum atomic E-state index is -4.73. The van der Waals surface area contributed by atoms with Crippen molar-refractivity contribution in [2.75, 3.05) is 21.9 Å². The second kappa shape index (κ2) is 12.3. The Balaban J connectivity index is 1.09. The number of nitrogens with zero attached hydrogens (tertiary/aromatic N) is 3. The first-order valence-corrected chi connectivity index (χ1v) is 13.7. The van der Waals surface area contributed by atoms with Crippen molar-refractivity contribution in [2.45, 2.75) is 26.1 Å². The number of alkyl halides is 3. The van der Waals surface area contributed by atoms with Gasteiger partial charge < -0.3 is 10.1 Å². The maximum atomic E-state index is 12.6. The number of hydrogen-bond donors (Lipinski definition) is 3. The maximum Gasteiger partial charge on any atom is 0.573 e. The fraction of sp³-hybridized carbons (Fsp3) is 0.172. The fourth-order valence-corrected chi connectivity index (χ4v) is 4.98. The molecule has 0 atom stereocenters. The van der Waals surface area contributed by atoms with Gasteiger partial charge in [0.15, 0.2) is 0 Å². The van der Waals surface area contributed by atoms with Crippen molar-refractivity contribution < 1.29 is 22.7 Å². The van der Waals surface area contributed by atoms with Gasteiger partial charge in [0.05, 0.1) is 16.9 Å². The quantitative estimate of drug-likeness (QED) is 0.201. The van der Waals surface area contributed by atoms with Gasteiger partial charge in [-0.2, -0.15) is 0 Å². The minimum Gasteiger partial charge on any atom is -0.406 e. The van der Waals surface area contributed by atoms with E-state index in [0.29, 0.717) is 23.7 Å². The van der Waals surface area contributed by atoms with Crippen molar-refractivity contribution in [3.63, 3.8) is 0 Å². The summed E-state index contributed by atoms with van der Waals surface area (Å²) in [6.07, 6.45) is 0.341. The average Bonchev–Trinajstić information content (AvgIpc) is 3.63. The number of urea groups is 1. The number of hydrazine groups is 2. The number of carbonyl (C=O) groups is 1. The molecule has 0 bridgehead atoms. The third kappa shape index (κ3) is 7.16. The van der Waals surface area contributed by atoms with Gasteiger partial charge in [0.25, 0.3) is 0 Å². The molecule has 2 amide bonds. The molecule has 0 aliphatic carbocycles. The number of amides is 2. The first-order chi connectivity index (χ1) is 19.8. The Bertz CT molecular complexity index is 1510. The van der Waals surface area contributed by atoms with Crippen molar-refractivity contribution in [3.05, 3.63) is 102 Å². The van der Waals surface area contributed by atoms with Crippen LogP contribution in [-0.4, -0.2) is 23.9 Å². The fourth-order valence-electron chi connectivity index (χ4n) is 4.29. The summed E-state index contributed by atoms with van der Waals surface area (Å²) in [5, 5.41) is 9.98. The zero-order chi connectivity index (χ0) is 28.8. The van der Waals surface area contributed by atoms with E-state index >= 15 is 0 Å². The topological polar surface area (TPSA) is 81.8 Å². The predicted molar refractivity (Wildman–Crippen MR) is 154 cm³/mol. The molecule has 212 valence electrons. The van der Waals surface area contributed by atoms with Crippen LogP contribution >= 0.6 is 11.3 Å². The van der Waals surface area contributed by atoms with E-state index in [1.165, 1.54) is 41.2 Å². The summed E-state index contributed by atoms with van der Waals surface area (Å²) in [5.74, 6) is -0.283. The maximum absolute atomic E-state index is 12.6. The van der Waals surface area contributed by atoms with E-state index in [1.54, 1.807) is 27.9 Å². The molecule has 0 saturated carbocycles. The summed E-state index contributed by atoms with van der Waals surface area (Å²) in [5.41, 5.74) is 10.4. The van der Waals surface area contributed by atoms with Gasteiger partial charge in [0.1, 0.15) is 16.4 Å². The molecule has 0 radical (unpaired) electrons. The molecular formula is C29H27F3N6O2S. The van der Waals surface area contributed by atoms with Crippen molar-refractivity contribution in [1.82, 2.24) is 15.8 Å². The average molecular weight is 581 g/mol. The molecular weight excluding hydrogens is 553 g/mol. The molecule has 0 saturated heterocycles. The smallest absolute Gasteiger partial charge is 0.406 e. The van der Waals surface area contributed by atoms with Gasteiger partial charge in [0, 0.05) is 24.5 Å². The molecule has 12 heteroatoms. The van der Waals surface area contributed by atoms with E-state index in [9.17, 15) is 18.0 Å². The first-order valence-electron chi connectivity index (χ1n) is 12.8. The summed E-state index contributed by atoms with van der Waals surface area (Å²) >= 11 is 1.39. The van der Waals surface area contributed by atoms with Crippen molar-refractivity contribution in [1.29, 1.82) is 0 Å². The Morgan fingerprint density at radius 3 is 2.29 bits per heavy atom. The SMILES string of the molecule is CCc1ccccc1-c1ncsc1NC(=O)NCCc1ccc(N2C=CN(c3ccc(OC(F)(F)F)cc3)N2)cc1. The molecule has 0 spiro atoms. The number of thiazole rings is 1. The van der Waals surface area contributed by atoms with Gasteiger partial charge >= 0.3 is 12.4 Å². The number of aryl methyl sites for hydroxylation is 1. The van der Waals surface area contributed by atoms with Crippen molar-refractivity contribution in [3.8, 4) is 17.0 Å². The number of nitrogens with one attached hydrogen (secondary N) is 3. The lowest BCUT2D eigenvalue weighted by Gasteiger charge is -2.23. The zero-order valence-electron chi connectivity index (χ0n) is 22.0. The molecule has 2 heterocycles. The van der Waals surface area contributed by atoms with Crippen LogP contribution < -0.4 is 30.9 Å². The molecule has 5 rings (SSSR count). The lowest BCUT2D eigenvalue weighted by atomic mass is 10.0. The Morgan fingerprint density at radius 2 is 1.63 bits per heavy atom. The van der Waals surface area contributed by atoms with Gasteiger partial charge in [-0.1, -0.05) is 43.3 Å². The summed E-state index contributed by atoms with van der Waals surface area (Å²) in [6, 6.07) is 21.1. The van der Waals surface area contributed by atoms with Crippen LogP contribution in [0.4, 0.5) is 34.3 Å². The molecule has 8 nitrogen and oxygen atoms in total. The number of anilines is 3. The number of ether oxygens (including phenoxy) is 1. The van der Waals surface area contributed by atoms with Crippen molar-refractivity contribution >= 4 is 33.7 Å². The third-order valence-corrected chi connectivity index (χ3v) is 7.03. The Labute approximate surface area is 239 Å². The number of aromatic nitrogens is 1. The summed E-state index contributed by atoms with van der Waals surface area (Å²) in [7, 11) is 0. The standard InChI is InChI=1S/C29H27F3N6O2S/c1-2-21-5-3-4-6-25(21)26-27(41-19-34-26)35-28(39)33-16-15-20-7-9-22(10-8-20)37-17-18-38(36-37)23-11-13-24(14-12-23)40-29(30,31)32/h3-14,17-19,36H,2,15-16H2,1H3,(H2,33,35,39). The van der Waals surface area contributed by atoms with E-state index < -0.39 is 6.36 Å². The Kier molecular flexibility index (Phi) is 8.41. The molecule has 41 heavy (non-hydrogen) atoms. The first kappa shape index (κ1) is 28.0. The molecule has 0 unspecified atom stereocenters. The lowest BCUT2D eigenvalue weighted by Crippen LogP contribution is -2.39. The number of rotatable bonds is 9. The highest BCUT2D eigenvalue weighted by Gasteiger charge is 2.31. The highest BCUT2D eigenvalue weighted by atomic mass is 32.1. The van der Waals surface area contributed by atoms with Gasteiger partial charge in [-0.3, -0.25) is 15.3 Å². The van der Waals surface area contributed by atoms with Gasteiger partial charge in [-0.25, -0.2) is 9.78 Å². The van der Waals surface area contributed by atoms with Crippen molar-refractivity contribution in [2.24, 2.45) is 0 Å². The van der Waals surface area contributed by atoms with Crippen LogP contribution in [0.2, 0.25) is 0 Å². The van der Waals surface area contributed by atoms with Crippen LogP contribution in [0.5, 0.6) is 5.75 Å². The molecule has 1 aliphatic heterocycles. The second-order valence-electron chi connectivity index (χ2n) is 9.02. The molecule has 1 aromatic heterocycles. The van der Waals surface area contributed by atoms with E-state index in [0.717, 1.165) is 28.9 Å². The van der Waals surface area contributed by atoms with Crippen LogP contribution in [0.25, 0.3) is 11.3 Å². The van der Waals surface area contributed by atoms with Gasteiger partial charge in [-0.05, 0) is 60.4 Å². The number of hydrogen-bond acceptors (Lipinski definition) is 7. The molecule has 1 aliphatic rings. The number of halogens is 3. The van der Waals surface area contributed by atoms with Crippen LogP contribution in [0.3, 0.4) is 0 Å². The highest BCUT2D eigenvalue weighted by molar-refractivity contribution is 7.14. The summed E-state index contributed by atoms with van der Waals surface area (Å²) < 4.78 is 41.1. The monoisotopic (exact) mass is 580 g/mol. The number of carbonyl (C=O) groups excluding carboxylic acids is 1. The largest absolute Gasteiger partial charge is 0.573 e. The van der Waals surface area contributed by atoms with E-state index in [2.05, 4.69) is 38.9 Å². The zero-order valence-corrected chi connectivity index (χ0v) is 22.8. The summed E-state index contributed by atoms with van der Waals surface area (Å²) in [4.78, 5) is 17.0. The van der Waals surface area contributed by atoms with E-state index in [1.807, 2.05) is 42.5 Å². The van der Waals surface area contributed by atoms with Crippen LogP contribution in [-0.2, 0) is 12.8 Å². The molecule has 3 aromatic carbocycles. The second-order valence-corrected chi connectivity index (χ2v) is 9.87. The molecule has 4 aromatic rings. The predicted octanol–water partition coefficient (Wildman–Crippen LogP) is 6.85. The van der Waals surface area contributed by atoms with Crippen LogP contribution in [0.15, 0.2) is 90.7 Å². The summed E-state index contributed by atoms with van der Waals surface area (Å²) in [6.45, 7) is 2.54. The third-order valence-electron chi connectivity index (χ3n) is 6.29. The minimum absolute atomic E-state index is 0.283.